The van der Waals surface area contributed by atoms with Gasteiger partial charge in [-0.15, -0.1) is 0 Å². The molecule has 1 aliphatic rings. The molecule has 0 atom stereocenters. The third-order valence-electron chi connectivity index (χ3n) is 2.56. The number of hydroxylamine groups is 1. The van der Waals surface area contributed by atoms with Crippen molar-refractivity contribution in [1.82, 2.24) is 0 Å². The quantitative estimate of drug-likeness (QED) is 0.678. The third-order valence-corrected chi connectivity index (χ3v) is 2.56. The van der Waals surface area contributed by atoms with Crippen molar-refractivity contribution in [1.29, 1.82) is 0 Å². The van der Waals surface area contributed by atoms with Crippen molar-refractivity contribution in [3.8, 4) is 0 Å². The van der Waals surface area contributed by atoms with Gasteiger partial charge in [0.05, 0.1) is 5.69 Å². The molecule has 14 heavy (non-hydrogen) atoms. The van der Waals surface area contributed by atoms with Crippen molar-refractivity contribution in [2.45, 2.75) is 0 Å². The van der Waals surface area contributed by atoms with E-state index in [0.29, 0.717) is 0 Å². The van der Waals surface area contributed by atoms with Crippen LogP contribution in [0.1, 0.15) is 5.56 Å². The summed E-state index contributed by atoms with van der Waals surface area (Å²) in [6.45, 7) is 0. The molecule has 0 fully saturated rings. The number of hydrogen-bond donors (Lipinski definition) is 1. The molecule has 0 unspecified atom stereocenters. The van der Waals surface area contributed by atoms with E-state index in [-0.39, 0.29) is 0 Å². The molecule has 0 bridgehead atoms. The van der Waals surface area contributed by atoms with Gasteiger partial charge in [0.25, 0.3) is 0 Å². The van der Waals surface area contributed by atoms with Crippen LogP contribution in [-0.4, -0.2) is 5.21 Å². The largest absolute Gasteiger partial charge is 0.284 e. The molecule has 68 valence electrons. The van der Waals surface area contributed by atoms with Crippen molar-refractivity contribution in [2.24, 2.45) is 0 Å². The molecule has 0 saturated heterocycles. The van der Waals surface area contributed by atoms with Crippen molar-refractivity contribution in [2.75, 3.05) is 5.06 Å². The van der Waals surface area contributed by atoms with Crippen LogP contribution in [0, 0.1) is 0 Å². The number of hydrogen-bond acceptors (Lipinski definition) is 2. The lowest BCUT2D eigenvalue weighted by atomic mass is 10.0. The first-order chi connectivity index (χ1) is 6.86. The predicted octanol–water partition coefficient (Wildman–Crippen LogP) is 3.02. The van der Waals surface area contributed by atoms with Crippen molar-refractivity contribution < 1.29 is 5.21 Å². The summed E-state index contributed by atoms with van der Waals surface area (Å²) >= 11 is 0. The minimum atomic E-state index is 0.848. The molecule has 2 aromatic rings. The molecule has 0 saturated carbocycles. The highest BCUT2D eigenvalue weighted by molar-refractivity contribution is 6.02. The van der Waals surface area contributed by atoms with Gasteiger partial charge in [-0.2, -0.15) is 0 Å². The molecule has 1 N–H and O–H groups in total. The van der Waals surface area contributed by atoms with E-state index in [4.69, 9.17) is 0 Å². The Labute approximate surface area is 81.7 Å². The normalized spacial score (nSPS) is 13.6. The maximum Gasteiger partial charge on any atom is 0.0770 e. The van der Waals surface area contributed by atoms with Gasteiger partial charge in [0, 0.05) is 11.6 Å². The number of anilines is 1. The molecule has 0 aliphatic carbocycles. The molecule has 1 heterocycles. The van der Waals surface area contributed by atoms with E-state index in [1.54, 1.807) is 6.20 Å². The average Bonchev–Trinajstić information content (AvgIpc) is 2.24. The van der Waals surface area contributed by atoms with Crippen LogP contribution in [0.3, 0.4) is 0 Å². The van der Waals surface area contributed by atoms with Gasteiger partial charge < -0.3 is 0 Å². The standard InChI is InChI=1S/C12H9NO/c14-13-8-7-10-4-1-3-9-5-2-6-11(13)12(9)10/h1-8,14H. The van der Waals surface area contributed by atoms with E-state index in [1.807, 2.05) is 24.3 Å². The van der Waals surface area contributed by atoms with Gasteiger partial charge in [0.1, 0.15) is 0 Å². The Bertz CT molecular complexity index is 526. The summed E-state index contributed by atoms with van der Waals surface area (Å²) in [5.74, 6) is 0. The molecule has 0 aromatic heterocycles. The van der Waals surface area contributed by atoms with E-state index < -0.39 is 0 Å². The first-order valence-corrected chi connectivity index (χ1v) is 4.54. The van der Waals surface area contributed by atoms with Crippen LogP contribution in [0.5, 0.6) is 0 Å². The smallest absolute Gasteiger partial charge is 0.0770 e. The molecule has 1 aliphatic heterocycles. The molecular weight excluding hydrogens is 174 g/mol. The first-order valence-electron chi connectivity index (χ1n) is 4.54. The van der Waals surface area contributed by atoms with E-state index in [0.717, 1.165) is 27.1 Å². The van der Waals surface area contributed by atoms with Crippen LogP contribution < -0.4 is 5.06 Å². The maximum absolute atomic E-state index is 9.62. The minimum Gasteiger partial charge on any atom is -0.284 e. The summed E-state index contributed by atoms with van der Waals surface area (Å²) in [6, 6.07) is 12.0. The van der Waals surface area contributed by atoms with Gasteiger partial charge >= 0.3 is 0 Å². The molecule has 3 rings (SSSR count). The van der Waals surface area contributed by atoms with E-state index in [2.05, 4.69) is 18.2 Å². The molecule has 2 nitrogen and oxygen atoms in total. The Hall–Kier alpha value is -1.80. The van der Waals surface area contributed by atoms with Gasteiger partial charge in [-0.3, -0.25) is 5.21 Å². The highest BCUT2D eigenvalue weighted by Gasteiger charge is 2.11. The van der Waals surface area contributed by atoms with Gasteiger partial charge in [0.15, 0.2) is 0 Å². The average molecular weight is 183 g/mol. The van der Waals surface area contributed by atoms with Crippen molar-refractivity contribution >= 4 is 22.5 Å². The fraction of sp³-hybridized carbons (Fsp3) is 0. The number of benzene rings is 2. The zero-order valence-corrected chi connectivity index (χ0v) is 7.51. The molecule has 2 heteroatoms. The van der Waals surface area contributed by atoms with Gasteiger partial charge in [-0.25, -0.2) is 5.06 Å². The number of rotatable bonds is 0. The summed E-state index contributed by atoms with van der Waals surface area (Å²) in [7, 11) is 0. The molecule has 0 amide bonds. The van der Waals surface area contributed by atoms with Gasteiger partial charge in [0.2, 0.25) is 0 Å². The van der Waals surface area contributed by atoms with Crippen LogP contribution in [0.2, 0.25) is 0 Å². The minimum absolute atomic E-state index is 0.848. The van der Waals surface area contributed by atoms with E-state index >= 15 is 0 Å². The highest BCUT2D eigenvalue weighted by Crippen LogP contribution is 2.33. The second-order valence-electron chi connectivity index (χ2n) is 3.38. The zero-order valence-electron chi connectivity index (χ0n) is 7.51. The lowest BCUT2D eigenvalue weighted by Gasteiger charge is -2.19. The third kappa shape index (κ3) is 0.887. The topological polar surface area (TPSA) is 23.5 Å². The molecular formula is C12H9NO. The molecule has 2 aromatic carbocycles. The predicted molar refractivity (Wildman–Crippen MR) is 57.2 cm³/mol. The Morgan fingerprint density at radius 3 is 2.64 bits per heavy atom. The number of nitrogens with zero attached hydrogens (tertiary/aromatic N) is 1. The Morgan fingerprint density at radius 1 is 1.00 bits per heavy atom. The first kappa shape index (κ1) is 7.59. The Balaban J connectivity index is 2.52. The van der Waals surface area contributed by atoms with Crippen molar-refractivity contribution in [3.63, 3.8) is 0 Å². The lowest BCUT2D eigenvalue weighted by Crippen LogP contribution is -2.11. The SMILES string of the molecule is ON1C=Cc2cccc3cccc1c23. The summed E-state index contributed by atoms with van der Waals surface area (Å²) < 4.78 is 0. The van der Waals surface area contributed by atoms with Crippen LogP contribution in [-0.2, 0) is 0 Å². The fourth-order valence-corrected chi connectivity index (χ4v) is 1.91. The highest BCUT2D eigenvalue weighted by atomic mass is 16.5. The van der Waals surface area contributed by atoms with E-state index in [9.17, 15) is 5.21 Å². The van der Waals surface area contributed by atoms with Crippen LogP contribution in [0.15, 0.2) is 42.6 Å². The zero-order chi connectivity index (χ0) is 9.54. The monoisotopic (exact) mass is 183 g/mol. The summed E-state index contributed by atoms with van der Waals surface area (Å²) in [6.07, 6.45) is 3.58. The summed E-state index contributed by atoms with van der Waals surface area (Å²) in [4.78, 5) is 0. The molecule has 0 radical (unpaired) electrons. The maximum atomic E-state index is 9.62. The van der Waals surface area contributed by atoms with Crippen LogP contribution >= 0.6 is 0 Å². The van der Waals surface area contributed by atoms with Crippen LogP contribution in [0.25, 0.3) is 16.8 Å². The van der Waals surface area contributed by atoms with E-state index in [1.165, 1.54) is 0 Å². The van der Waals surface area contributed by atoms with Gasteiger partial charge in [-0.1, -0.05) is 30.3 Å². The lowest BCUT2D eigenvalue weighted by molar-refractivity contribution is 0.297. The summed E-state index contributed by atoms with van der Waals surface area (Å²) in [5.41, 5.74) is 2.00. The van der Waals surface area contributed by atoms with Gasteiger partial charge in [-0.05, 0) is 23.1 Å². The van der Waals surface area contributed by atoms with Crippen LogP contribution in [0.4, 0.5) is 5.69 Å². The molecule has 0 spiro atoms. The Morgan fingerprint density at radius 2 is 1.79 bits per heavy atom. The second kappa shape index (κ2) is 2.59. The van der Waals surface area contributed by atoms with Crippen molar-refractivity contribution in [3.05, 3.63) is 48.2 Å². The second-order valence-corrected chi connectivity index (χ2v) is 3.38. The Kier molecular flexibility index (Phi) is 1.41. The fourth-order valence-electron chi connectivity index (χ4n) is 1.91. The summed E-state index contributed by atoms with van der Waals surface area (Å²) in [5, 5.41) is 13.0.